The van der Waals surface area contributed by atoms with Crippen molar-refractivity contribution in [3.05, 3.63) is 46.2 Å². The SMILES string of the molecule is NC(=O)C(=O)c1cc2ccccc2[nH]c1=O. The highest BCUT2D eigenvalue weighted by atomic mass is 16.2. The first kappa shape index (κ1) is 10.1. The summed E-state index contributed by atoms with van der Waals surface area (Å²) >= 11 is 0. The largest absolute Gasteiger partial charge is 0.363 e. The van der Waals surface area contributed by atoms with Crippen LogP contribution in [0.4, 0.5) is 0 Å². The molecular formula is C11H8N2O3. The summed E-state index contributed by atoms with van der Waals surface area (Å²) in [6.45, 7) is 0. The van der Waals surface area contributed by atoms with Gasteiger partial charge in [0.05, 0.1) is 5.56 Å². The van der Waals surface area contributed by atoms with E-state index in [0.29, 0.717) is 10.9 Å². The summed E-state index contributed by atoms with van der Waals surface area (Å²) in [6.07, 6.45) is 0. The Bertz CT molecular complexity index is 643. The van der Waals surface area contributed by atoms with Gasteiger partial charge >= 0.3 is 0 Å². The third kappa shape index (κ3) is 1.58. The number of hydrogen-bond acceptors (Lipinski definition) is 3. The Morgan fingerprint density at radius 3 is 2.56 bits per heavy atom. The first-order valence-electron chi connectivity index (χ1n) is 4.56. The second-order valence-corrected chi connectivity index (χ2v) is 3.29. The topological polar surface area (TPSA) is 93.0 Å². The van der Waals surface area contributed by atoms with Crippen molar-refractivity contribution in [1.29, 1.82) is 0 Å². The summed E-state index contributed by atoms with van der Waals surface area (Å²) in [4.78, 5) is 36.0. The summed E-state index contributed by atoms with van der Waals surface area (Å²) in [5.74, 6) is -2.12. The third-order valence-corrected chi connectivity index (χ3v) is 2.22. The van der Waals surface area contributed by atoms with E-state index < -0.39 is 17.2 Å². The van der Waals surface area contributed by atoms with Gasteiger partial charge in [0.25, 0.3) is 17.2 Å². The molecule has 0 bridgehead atoms. The minimum atomic E-state index is -1.14. The molecule has 0 atom stereocenters. The van der Waals surface area contributed by atoms with Crippen LogP contribution in [0.3, 0.4) is 0 Å². The number of Topliss-reactive ketones (excluding diaryl/α,β-unsaturated/α-hetero) is 1. The van der Waals surface area contributed by atoms with Crippen molar-refractivity contribution in [3.8, 4) is 0 Å². The van der Waals surface area contributed by atoms with E-state index in [1.165, 1.54) is 6.07 Å². The van der Waals surface area contributed by atoms with Crippen molar-refractivity contribution in [3.63, 3.8) is 0 Å². The number of para-hydroxylation sites is 1. The number of fused-ring (bicyclic) bond motifs is 1. The molecule has 16 heavy (non-hydrogen) atoms. The maximum absolute atomic E-state index is 11.5. The Morgan fingerprint density at radius 1 is 1.19 bits per heavy atom. The predicted molar refractivity (Wildman–Crippen MR) is 58.1 cm³/mol. The summed E-state index contributed by atoms with van der Waals surface area (Å²) in [7, 11) is 0. The molecule has 2 aromatic rings. The van der Waals surface area contributed by atoms with E-state index in [9.17, 15) is 14.4 Å². The first-order chi connectivity index (χ1) is 7.59. The number of ketones is 1. The molecule has 0 radical (unpaired) electrons. The van der Waals surface area contributed by atoms with Gasteiger partial charge in [-0.25, -0.2) is 0 Å². The molecule has 1 aromatic carbocycles. The Balaban J connectivity index is 2.72. The zero-order valence-electron chi connectivity index (χ0n) is 8.19. The van der Waals surface area contributed by atoms with Crippen LogP contribution in [-0.4, -0.2) is 16.7 Å². The normalized spacial score (nSPS) is 10.2. The van der Waals surface area contributed by atoms with Gasteiger partial charge in [-0.15, -0.1) is 0 Å². The average molecular weight is 216 g/mol. The van der Waals surface area contributed by atoms with Crippen LogP contribution in [0.5, 0.6) is 0 Å². The maximum atomic E-state index is 11.5. The lowest BCUT2D eigenvalue weighted by molar-refractivity contribution is -0.114. The van der Waals surface area contributed by atoms with E-state index >= 15 is 0 Å². The molecular weight excluding hydrogens is 208 g/mol. The van der Waals surface area contributed by atoms with Crippen molar-refractivity contribution >= 4 is 22.6 Å². The molecule has 1 amide bonds. The van der Waals surface area contributed by atoms with Gasteiger partial charge in [0.1, 0.15) is 0 Å². The highest BCUT2D eigenvalue weighted by Gasteiger charge is 2.16. The van der Waals surface area contributed by atoms with E-state index in [-0.39, 0.29) is 5.56 Å². The second kappa shape index (κ2) is 3.62. The lowest BCUT2D eigenvalue weighted by Gasteiger charge is -1.99. The Labute approximate surface area is 89.9 Å². The molecule has 0 aliphatic heterocycles. The number of H-pyrrole nitrogens is 1. The van der Waals surface area contributed by atoms with Crippen LogP contribution < -0.4 is 11.3 Å². The molecule has 0 fully saturated rings. The van der Waals surface area contributed by atoms with E-state index in [2.05, 4.69) is 4.98 Å². The predicted octanol–water partition coefficient (Wildman–Crippen LogP) is 0.196. The fourth-order valence-electron chi connectivity index (χ4n) is 1.45. The van der Waals surface area contributed by atoms with Crippen molar-refractivity contribution in [1.82, 2.24) is 4.98 Å². The molecule has 0 unspecified atom stereocenters. The zero-order valence-corrected chi connectivity index (χ0v) is 8.19. The van der Waals surface area contributed by atoms with Crippen LogP contribution in [0.1, 0.15) is 10.4 Å². The number of aromatic amines is 1. The lowest BCUT2D eigenvalue weighted by Crippen LogP contribution is -2.29. The smallest absolute Gasteiger partial charge is 0.290 e. The highest BCUT2D eigenvalue weighted by Crippen LogP contribution is 2.10. The van der Waals surface area contributed by atoms with E-state index in [1.54, 1.807) is 24.3 Å². The zero-order chi connectivity index (χ0) is 11.7. The molecule has 0 aliphatic carbocycles. The molecule has 0 saturated heterocycles. The van der Waals surface area contributed by atoms with E-state index in [0.717, 1.165) is 0 Å². The van der Waals surface area contributed by atoms with Crippen LogP contribution in [0.2, 0.25) is 0 Å². The maximum Gasteiger partial charge on any atom is 0.290 e. The van der Waals surface area contributed by atoms with Gasteiger partial charge in [-0.2, -0.15) is 0 Å². The Kier molecular flexibility index (Phi) is 2.28. The number of carbonyl (C=O) groups is 2. The molecule has 2 rings (SSSR count). The second-order valence-electron chi connectivity index (χ2n) is 3.29. The fourth-order valence-corrected chi connectivity index (χ4v) is 1.45. The molecule has 0 spiro atoms. The number of nitrogens with two attached hydrogens (primary N) is 1. The van der Waals surface area contributed by atoms with Gasteiger partial charge in [-0.05, 0) is 17.5 Å². The monoisotopic (exact) mass is 216 g/mol. The molecule has 1 heterocycles. The Morgan fingerprint density at radius 2 is 1.88 bits per heavy atom. The van der Waals surface area contributed by atoms with Crippen LogP contribution in [0, 0.1) is 0 Å². The van der Waals surface area contributed by atoms with Crippen molar-refractivity contribution in [2.45, 2.75) is 0 Å². The number of benzene rings is 1. The summed E-state index contributed by atoms with van der Waals surface area (Å²) in [5.41, 5.74) is 4.61. The van der Waals surface area contributed by atoms with Crippen molar-refractivity contribution in [2.75, 3.05) is 0 Å². The quantitative estimate of drug-likeness (QED) is 0.554. The Hall–Kier alpha value is -2.43. The van der Waals surface area contributed by atoms with Gasteiger partial charge in [0, 0.05) is 5.52 Å². The average Bonchev–Trinajstić information content (AvgIpc) is 2.27. The summed E-state index contributed by atoms with van der Waals surface area (Å²) in [6, 6.07) is 8.31. The van der Waals surface area contributed by atoms with Crippen LogP contribution in [0.15, 0.2) is 35.1 Å². The fraction of sp³-hybridized carbons (Fsp3) is 0. The van der Waals surface area contributed by atoms with Crippen molar-refractivity contribution in [2.24, 2.45) is 5.73 Å². The lowest BCUT2D eigenvalue weighted by atomic mass is 10.1. The number of amides is 1. The number of carbonyl (C=O) groups excluding carboxylic acids is 2. The van der Waals surface area contributed by atoms with Gasteiger partial charge in [-0.1, -0.05) is 18.2 Å². The van der Waals surface area contributed by atoms with Crippen molar-refractivity contribution < 1.29 is 9.59 Å². The van der Waals surface area contributed by atoms with Gasteiger partial charge in [-0.3, -0.25) is 14.4 Å². The highest BCUT2D eigenvalue weighted by molar-refractivity contribution is 6.42. The molecule has 80 valence electrons. The number of primary amides is 1. The number of pyridine rings is 1. The van der Waals surface area contributed by atoms with Crippen LogP contribution in [0.25, 0.3) is 10.9 Å². The van der Waals surface area contributed by atoms with Gasteiger partial charge in [0.15, 0.2) is 0 Å². The van der Waals surface area contributed by atoms with Gasteiger partial charge in [0.2, 0.25) is 0 Å². The molecule has 0 aliphatic rings. The number of hydrogen-bond donors (Lipinski definition) is 2. The minimum absolute atomic E-state index is 0.230. The van der Waals surface area contributed by atoms with E-state index in [4.69, 9.17) is 5.73 Å². The molecule has 5 heteroatoms. The molecule has 5 nitrogen and oxygen atoms in total. The number of aromatic nitrogens is 1. The van der Waals surface area contributed by atoms with Crippen LogP contribution >= 0.6 is 0 Å². The molecule has 1 aromatic heterocycles. The van der Waals surface area contributed by atoms with Crippen LogP contribution in [-0.2, 0) is 4.79 Å². The summed E-state index contributed by atoms with van der Waals surface area (Å²) in [5, 5.41) is 0.673. The molecule has 3 N–H and O–H groups in total. The molecule has 0 saturated carbocycles. The number of nitrogens with one attached hydrogen (secondary N) is 1. The number of rotatable bonds is 2. The summed E-state index contributed by atoms with van der Waals surface area (Å²) < 4.78 is 0. The standard InChI is InChI=1S/C11H8N2O3/c12-10(15)9(14)7-5-6-3-1-2-4-8(6)13-11(7)16/h1-5H,(H2,12,15)(H,13,16). The first-order valence-corrected chi connectivity index (χ1v) is 4.56. The van der Waals surface area contributed by atoms with E-state index in [1.807, 2.05) is 0 Å². The third-order valence-electron chi connectivity index (χ3n) is 2.22. The minimum Gasteiger partial charge on any atom is -0.363 e. The van der Waals surface area contributed by atoms with Gasteiger partial charge < -0.3 is 10.7 Å².